The lowest BCUT2D eigenvalue weighted by molar-refractivity contribution is -0.196. The molecule has 10 rings (SSSR count). The number of anilines is 5. The quantitative estimate of drug-likeness (QED) is 0.0617. The second-order valence-corrected chi connectivity index (χ2v) is 18.7. The maximum Gasteiger partial charge on any atom is 0.354 e. The summed E-state index contributed by atoms with van der Waals surface area (Å²) in [6.45, 7) is -2.39. The molecule has 0 bridgehead atoms. The Labute approximate surface area is 472 Å². The normalized spacial score (nSPS) is 32.9. The molecule has 5 saturated heterocycles. The molecule has 0 aliphatic carbocycles. The number of hydrogen-bond donors (Lipinski definition) is 20. The summed E-state index contributed by atoms with van der Waals surface area (Å²) < 4.78 is 43.3. The Morgan fingerprint density at radius 1 is 0.541 bits per heavy atom. The Balaban J connectivity index is 0.000000170. The van der Waals surface area contributed by atoms with Gasteiger partial charge in [-0.15, -0.1) is 0 Å². The number of rotatable bonds is 10. The number of ether oxygens (including phenoxy) is 5. The van der Waals surface area contributed by atoms with Crippen molar-refractivity contribution in [3.05, 3.63) is 101 Å². The van der Waals surface area contributed by atoms with Gasteiger partial charge in [0.25, 0.3) is 11.4 Å². The van der Waals surface area contributed by atoms with Gasteiger partial charge < -0.3 is 124 Å². The minimum Gasteiger partial charge on any atom is -0.394 e. The topological polar surface area (TPSA) is 671 Å². The third-order valence-corrected chi connectivity index (χ3v) is 13.0. The first-order chi connectivity index (χ1) is 40.1. The smallest absolute Gasteiger partial charge is 0.354 e. The highest BCUT2D eigenvalue weighted by molar-refractivity contribution is 5.25. The van der Waals surface area contributed by atoms with Crippen molar-refractivity contribution in [2.45, 2.75) is 123 Å². The summed E-state index contributed by atoms with van der Waals surface area (Å²) in [6, 6.07) is 2.58. The van der Waals surface area contributed by atoms with Crippen LogP contribution < -0.4 is 57.0 Å². The van der Waals surface area contributed by atoms with Crippen LogP contribution in [0, 0.1) is 0 Å². The van der Waals surface area contributed by atoms with Crippen LogP contribution in [0.2, 0.25) is 0 Å². The summed E-state index contributed by atoms with van der Waals surface area (Å²) in [5, 5.41) is 131. The second kappa shape index (κ2) is 28.5. The zero-order valence-corrected chi connectivity index (χ0v) is 43.7. The van der Waals surface area contributed by atoms with E-state index in [1.54, 1.807) is 0 Å². The van der Waals surface area contributed by atoms with Crippen molar-refractivity contribution in [1.29, 1.82) is 0 Å². The SMILES string of the molecule is Nc1ccn([C@@H]2O[C@H](CO)C(O)[C@@]2(O)F)c(=O)n1.Nc1ccn([C@@H]2O[C@H](CO)C(O)[C@H]2O)c(=O)n1.Nc1ncc([C@@H]2O[C@H](CO)C(O)[C@@H]2O)c(=O)[nH]1.Nc1ncn([C@@H]2O[C@H](CO)C(O)[C@@H]2O)c(=O)n1.Nc1ncn([C@H]2CC(O)[C@@H](CO)O2)c(=O)n1. The molecule has 0 spiro atoms. The van der Waals surface area contributed by atoms with Gasteiger partial charge in [-0.2, -0.15) is 19.9 Å². The number of nitrogens with one attached hydrogen (secondary N) is 1. The van der Waals surface area contributed by atoms with Crippen molar-refractivity contribution in [2.24, 2.45) is 0 Å². The zero-order chi connectivity index (χ0) is 62.9. The molecule has 0 aromatic carbocycles. The molecule has 85 heavy (non-hydrogen) atoms. The summed E-state index contributed by atoms with van der Waals surface area (Å²) in [7, 11) is 0. The lowest BCUT2D eigenvalue weighted by Gasteiger charge is -2.23. The van der Waals surface area contributed by atoms with Crippen molar-refractivity contribution >= 4 is 29.5 Å². The molecule has 19 atom stereocenters. The van der Waals surface area contributed by atoms with Gasteiger partial charge in [0.1, 0.15) is 110 Å². The van der Waals surface area contributed by atoms with E-state index in [0.717, 1.165) is 26.2 Å². The highest BCUT2D eigenvalue weighted by Crippen LogP contribution is 2.39. The van der Waals surface area contributed by atoms with E-state index in [0.29, 0.717) is 4.57 Å². The molecule has 5 aromatic rings. The summed E-state index contributed by atoms with van der Waals surface area (Å²) in [6.07, 6.45) is -15.0. The summed E-state index contributed by atoms with van der Waals surface area (Å²) in [4.78, 5) is 84.3. The second-order valence-electron chi connectivity index (χ2n) is 18.7. The molecular formula is C43H62FN17O24. The van der Waals surface area contributed by atoms with Crippen LogP contribution in [0.5, 0.6) is 0 Å². The van der Waals surface area contributed by atoms with Crippen LogP contribution in [0.25, 0.3) is 0 Å². The molecule has 0 radical (unpaired) electrons. The molecule has 5 fully saturated rings. The van der Waals surface area contributed by atoms with E-state index >= 15 is 0 Å². The van der Waals surface area contributed by atoms with Crippen LogP contribution >= 0.6 is 0 Å². The highest BCUT2D eigenvalue weighted by atomic mass is 19.2. The van der Waals surface area contributed by atoms with Crippen LogP contribution in [0.1, 0.15) is 43.0 Å². The number of nitrogens with two attached hydrogens (primary N) is 5. The van der Waals surface area contributed by atoms with E-state index in [1.165, 1.54) is 30.9 Å². The Hall–Kier alpha value is -7.57. The van der Waals surface area contributed by atoms with Gasteiger partial charge in [0, 0.05) is 25.0 Å². The maximum absolute atomic E-state index is 13.9. The molecule has 10 heterocycles. The van der Waals surface area contributed by atoms with Gasteiger partial charge >= 0.3 is 22.8 Å². The van der Waals surface area contributed by atoms with E-state index in [2.05, 4.69) is 39.9 Å². The van der Waals surface area contributed by atoms with Crippen LogP contribution in [0.4, 0.5) is 33.9 Å². The van der Waals surface area contributed by atoms with Gasteiger partial charge in [-0.25, -0.2) is 38.5 Å². The Bertz CT molecular complexity index is 3120. The molecule has 25 N–H and O–H groups in total. The number of aromatic amines is 1. The third-order valence-electron chi connectivity index (χ3n) is 13.0. The molecule has 41 nitrogen and oxygen atoms in total. The maximum atomic E-state index is 13.9. The number of hydrogen-bond acceptors (Lipinski definition) is 36. The lowest BCUT2D eigenvalue weighted by Crippen LogP contribution is -2.45. The van der Waals surface area contributed by atoms with Gasteiger partial charge in [0.15, 0.2) is 24.6 Å². The predicted octanol–water partition coefficient (Wildman–Crippen LogP) is -12.6. The Kier molecular flexibility index (Phi) is 22.4. The van der Waals surface area contributed by atoms with Crippen molar-refractivity contribution in [3.63, 3.8) is 0 Å². The van der Waals surface area contributed by atoms with Gasteiger partial charge in [-0.3, -0.25) is 28.0 Å². The summed E-state index contributed by atoms with van der Waals surface area (Å²) in [5.74, 6) is -3.59. The fraction of sp³-hybridized carbons (Fsp3) is 0.581. The number of halogens is 1. The first-order valence-electron chi connectivity index (χ1n) is 24.7. The van der Waals surface area contributed by atoms with Gasteiger partial charge in [-0.1, -0.05) is 0 Å². The first-order valence-corrected chi connectivity index (χ1v) is 24.7. The van der Waals surface area contributed by atoms with E-state index in [4.69, 9.17) is 77.9 Å². The number of aliphatic hydroxyl groups excluding tert-OH is 13. The molecule has 0 saturated carbocycles. The standard InChI is InChI=1S/C9H12FN3O5.2C9H13N3O5.C8H12N4O5.C8H12N4O4/c10-9(17)6(15)4(3-14)18-7(9)13-2-1-5(11)12-8(13)16;10-9-11-1-3(8(16)12-9)7-6(15)5(14)4(2-13)17-7;10-5-1-2-12(9(16)11-5)8-7(15)6(14)4(3-13)17-8;9-7-10-2-12(8(16)11-7)6-5(15)4(14)3(1-13)17-6;9-7-10-3-12(8(15)11-7)6-1-4(14)5(2-13)16-6/h1-2,4,6-7,14-15,17H,3H2,(H2,11,12,16);1,4-7,13-15H,2H2,(H3,10,11,12,16);1-2,4,6-8,13-15H,3H2,(H2,10,11,16);2-6,13-15H,1H2,(H2,9,11,16);3-6,13-14H,1-2H2,(H2,9,11,15)/t4-,6?,7-,9+;4-,5?,6+,7+;4-,6?,7-,8-;3-,4?,5+,6-;4?,5-,6-/m11111/s1. The van der Waals surface area contributed by atoms with Gasteiger partial charge in [0.05, 0.1) is 44.7 Å². The zero-order valence-electron chi connectivity index (χ0n) is 43.7. The molecule has 5 aliphatic heterocycles. The van der Waals surface area contributed by atoms with Crippen LogP contribution in [-0.4, -0.2) is 248 Å². The monoisotopic (exact) mass is 1220 g/mol. The number of H-pyrrole nitrogens is 1. The predicted molar refractivity (Wildman–Crippen MR) is 274 cm³/mol. The van der Waals surface area contributed by atoms with Crippen molar-refractivity contribution in [1.82, 2.24) is 58.1 Å². The average Bonchev–Trinajstić information content (AvgIpc) is 2.75. The number of nitrogen functional groups attached to an aromatic ring is 5. The van der Waals surface area contributed by atoms with Crippen molar-refractivity contribution in [3.8, 4) is 0 Å². The van der Waals surface area contributed by atoms with E-state index < -0.39 is 171 Å². The largest absolute Gasteiger partial charge is 0.394 e. The molecule has 470 valence electrons. The summed E-state index contributed by atoms with van der Waals surface area (Å²) >= 11 is 0. The average molecular weight is 1220 g/mol. The molecule has 5 aromatic heterocycles. The number of aliphatic hydroxyl groups is 14. The van der Waals surface area contributed by atoms with E-state index in [9.17, 15) is 74.3 Å². The van der Waals surface area contributed by atoms with Gasteiger partial charge in [-0.05, 0) is 12.1 Å². The number of nitrogens with zero attached hydrogens (tertiary/aromatic N) is 11. The van der Waals surface area contributed by atoms with Crippen LogP contribution in [0.15, 0.2) is 67.4 Å². The minimum absolute atomic E-state index is 0.0505. The molecular weight excluding hydrogens is 1160 g/mol. The third kappa shape index (κ3) is 15.1. The lowest BCUT2D eigenvalue weighted by atomic mass is 10.0. The van der Waals surface area contributed by atoms with E-state index in [1.807, 2.05) is 0 Å². The molecule has 0 amide bonds. The molecule has 5 unspecified atom stereocenters. The first kappa shape index (κ1) is 66.6. The van der Waals surface area contributed by atoms with Crippen molar-refractivity contribution in [2.75, 3.05) is 61.7 Å². The van der Waals surface area contributed by atoms with Crippen LogP contribution in [-0.2, 0) is 23.7 Å². The van der Waals surface area contributed by atoms with Gasteiger partial charge in [0.2, 0.25) is 11.9 Å². The highest BCUT2D eigenvalue weighted by Gasteiger charge is 2.57. The fourth-order valence-electron chi connectivity index (χ4n) is 8.50. The van der Waals surface area contributed by atoms with Crippen LogP contribution in [0.3, 0.4) is 0 Å². The number of aromatic nitrogens is 12. The molecule has 5 aliphatic rings. The summed E-state index contributed by atoms with van der Waals surface area (Å²) in [5.41, 5.74) is 22.8. The molecule has 42 heteroatoms. The van der Waals surface area contributed by atoms with Crippen molar-refractivity contribution < 1.29 is 99.6 Å². The Morgan fingerprint density at radius 2 is 0.988 bits per heavy atom. The number of alkyl halides is 1. The Morgan fingerprint density at radius 3 is 1.41 bits per heavy atom. The van der Waals surface area contributed by atoms with E-state index in [-0.39, 0.29) is 48.1 Å². The minimum atomic E-state index is -3.21. The fourth-order valence-corrected chi connectivity index (χ4v) is 8.50.